The number of unbranched alkanes of at least 4 members (excludes halogenated alkanes) is 5. The summed E-state index contributed by atoms with van der Waals surface area (Å²) in [4.78, 5) is 11.7. The van der Waals surface area contributed by atoms with E-state index < -0.39 is 0 Å². The molecule has 0 aromatic rings. The minimum absolute atomic E-state index is 0.0960. The molecule has 1 unspecified atom stereocenters. The highest BCUT2D eigenvalue weighted by Gasteiger charge is 2.06. The summed E-state index contributed by atoms with van der Waals surface area (Å²) in [6.45, 7) is 12.3. The summed E-state index contributed by atoms with van der Waals surface area (Å²) in [6, 6.07) is 0. The highest BCUT2D eigenvalue weighted by molar-refractivity contribution is 5.69. The molecule has 0 aliphatic heterocycles. The van der Waals surface area contributed by atoms with Gasteiger partial charge in [0.1, 0.15) is 0 Å². The lowest BCUT2D eigenvalue weighted by atomic mass is 10.0. The molecule has 0 spiro atoms. The summed E-state index contributed by atoms with van der Waals surface area (Å²) in [7, 11) is 0. The molecule has 0 rings (SSSR count). The average Bonchev–Trinajstić information content (AvgIpc) is 2.68. The Kier molecular flexibility index (Phi) is 20.6. The van der Waals surface area contributed by atoms with E-state index in [0.29, 0.717) is 38.8 Å². The summed E-state index contributed by atoms with van der Waals surface area (Å²) in [5.41, 5.74) is 0. The molecule has 4 nitrogen and oxygen atoms in total. The van der Waals surface area contributed by atoms with Gasteiger partial charge in [-0.05, 0) is 31.1 Å². The molecule has 0 saturated heterocycles. The molecule has 0 fully saturated rings. The molecule has 0 radical (unpaired) electrons. The van der Waals surface area contributed by atoms with Crippen LogP contribution in [0.2, 0.25) is 0 Å². The summed E-state index contributed by atoms with van der Waals surface area (Å²) >= 11 is 0. The van der Waals surface area contributed by atoms with Gasteiger partial charge in [-0.15, -0.1) is 0 Å². The van der Waals surface area contributed by atoms with Gasteiger partial charge in [0.2, 0.25) is 0 Å². The number of carbonyl (C=O) groups excluding carboxylic acids is 1. The summed E-state index contributed by atoms with van der Waals surface area (Å²) < 4.78 is 16.5. The first-order valence-electron chi connectivity index (χ1n) is 11.9. The molecule has 0 aromatic heterocycles. The number of esters is 1. The second kappa shape index (κ2) is 21.1. The first-order chi connectivity index (χ1) is 13.6. The molecule has 168 valence electrons. The van der Waals surface area contributed by atoms with E-state index in [1.807, 2.05) is 0 Å². The topological polar surface area (TPSA) is 44.8 Å². The highest BCUT2D eigenvalue weighted by atomic mass is 16.5. The van der Waals surface area contributed by atoms with E-state index in [2.05, 4.69) is 27.7 Å². The van der Waals surface area contributed by atoms with Crippen molar-refractivity contribution in [3.8, 4) is 0 Å². The third kappa shape index (κ3) is 20.1. The monoisotopic (exact) mass is 400 g/mol. The predicted octanol–water partition coefficient (Wildman–Crippen LogP) is 6.56. The van der Waals surface area contributed by atoms with Crippen molar-refractivity contribution < 1.29 is 19.0 Å². The molecular weight excluding hydrogens is 352 g/mol. The smallest absolute Gasteiger partial charge is 0.305 e. The summed E-state index contributed by atoms with van der Waals surface area (Å²) in [5.74, 6) is 1.39. The summed E-state index contributed by atoms with van der Waals surface area (Å²) in [5, 5.41) is 0. The van der Waals surface area contributed by atoms with Gasteiger partial charge in [0, 0.05) is 19.6 Å². The molecule has 4 heteroatoms. The maximum absolute atomic E-state index is 11.7. The van der Waals surface area contributed by atoms with Gasteiger partial charge >= 0.3 is 5.97 Å². The molecule has 0 aromatic carbocycles. The van der Waals surface area contributed by atoms with Gasteiger partial charge < -0.3 is 14.2 Å². The first kappa shape index (κ1) is 27.4. The Balaban J connectivity index is 3.30. The van der Waals surface area contributed by atoms with Gasteiger partial charge in [-0.1, -0.05) is 79.1 Å². The largest absolute Gasteiger partial charge is 0.466 e. The molecule has 1 atom stereocenters. The van der Waals surface area contributed by atoms with Gasteiger partial charge in [0.25, 0.3) is 0 Å². The van der Waals surface area contributed by atoms with Gasteiger partial charge in [-0.2, -0.15) is 0 Å². The Morgan fingerprint density at radius 3 is 2.18 bits per heavy atom. The van der Waals surface area contributed by atoms with Crippen molar-refractivity contribution in [2.45, 2.75) is 105 Å². The fraction of sp³-hybridized carbons (Fsp3) is 0.958. The van der Waals surface area contributed by atoms with Crippen LogP contribution < -0.4 is 0 Å². The van der Waals surface area contributed by atoms with Crippen molar-refractivity contribution in [1.82, 2.24) is 0 Å². The van der Waals surface area contributed by atoms with Crippen molar-refractivity contribution in [2.24, 2.45) is 11.8 Å². The summed E-state index contributed by atoms with van der Waals surface area (Å²) in [6.07, 6.45) is 13.5. The van der Waals surface area contributed by atoms with E-state index in [4.69, 9.17) is 14.2 Å². The Labute approximate surface area is 175 Å². The zero-order valence-corrected chi connectivity index (χ0v) is 19.3. The minimum Gasteiger partial charge on any atom is -0.466 e. The van der Waals surface area contributed by atoms with E-state index in [1.54, 1.807) is 0 Å². The minimum atomic E-state index is -0.0960. The fourth-order valence-electron chi connectivity index (χ4n) is 3.13. The van der Waals surface area contributed by atoms with E-state index >= 15 is 0 Å². The number of carbonyl (C=O) groups is 1. The van der Waals surface area contributed by atoms with E-state index in [1.165, 1.54) is 51.4 Å². The van der Waals surface area contributed by atoms with Crippen molar-refractivity contribution in [3.63, 3.8) is 0 Å². The molecule has 28 heavy (non-hydrogen) atoms. The maximum atomic E-state index is 11.7. The Bertz CT molecular complexity index is 331. The van der Waals surface area contributed by atoms with Crippen LogP contribution in [-0.4, -0.2) is 39.0 Å². The standard InChI is InChI=1S/C24H48O4/c1-5-7-15-23(6-2)21-27-20-19-26-17-13-16-24(25)28-18-12-10-8-9-11-14-22(3)4/h22-23H,5-21H2,1-4H3. The van der Waals surface area contributed by atoms with Gasteiger partial charge in [0.15, 0.2) is 0 Å². The maximum Gasteiger partial charge on any atom is 0.305 e. The number of hydrogen-bond donors (Lipinski definition) is 0. The average molecular weight is 401 g/mol. The van der Waals surface area contributed by atoms with Crippen LogP contribution in [0.1, 0.15) is 105 Å². The molecule has 0 saturated carbocycles. The van der Waals surface area contributed by atoms with Crippen LogP contribution in [0.15, 0.2) is 0 Å². The molecule has 0 heterocycles. The van der Waals surface area contributed by atoms with Crippen molar-refractivity contribution in [2.75, 3.05) is 33.0 Å². The zero-order valence-electron chi connectivity index (χ0n) is 19.3. The first-order valence-corrected chi connectivity index (χ1v) is 11.9. The van der Waals surface area contributed by atoms with Gasteiger partial charge in [-0.25, -0.2) is 0 Å². The van der Waals surface area contributed by atoms with Crippen LogP contribution in [-0.2, 0) is 19.0 Å². The fourth-order valence-corrected chi connectivity index (χ4v) is 3.13. The Hall–Kier alpha value is -0.610. The van der Waals surface area contributed by atoms with E-state index in [0.717, 1.165) is 31.8 Å². The van der Waals surface area contributed by atoms with E-state index in [-0.39, 0.29) is 5.97 Å². The molecule has 0 amide bonds. The lowest BCUT2D eigenvalue weighted by molar-refractivity contribution is -0.144. The van der Waals surface area contributed by atoms with Gasteiger partial charge in [0.05, 0.1) is 19.8 Å². The van der Waals surface area contributed by atoms with Crippen molar-refractivity contribution in [3.05, 3.63) is 0 Å². The second-order valence-corrected chi connectivity index (χ2v) is 8.38. The molecule has 0 aliphatic rings. The van der Waals surface area contributed by atoms with Crippen LogP contribution in [0.5, 0.6) is 0 Å². The molecule has 0 aliphatic carbocycles. The normalized spacial score (nSPS) is 12.5. The lowest BCUT2D eigenvalue weighted by Gasteiger charge is -2.14. The van der Waals surface area contributed by atoms with Crippen LogP contribution in [0, 0.1) is 11.8 Å². The zero-order chi connectivity index (χ0) is 20.9. The number of rotatable bonds is 21. The van der Waals surface area contributed by atoms with Crippen LogP contribution in [0.4, 0.5) is 0 Å². The Morgan fingerprint density at radius 2 is 1.46 bits per heavy atom. The van der Waals surface area contributed by atoms with E-state index in [9.17, 15) is 4.79 Å². The quantitative estimate of drug-likeness (QED) is 0.162. The number of ether oxygens (including phenoxy) is 3. The lowest BCUT2D eigenvalue weighted by Crippen LogP contribution is -2.13. The van der Waals surface area contributed by atoms with Crippen LogP contribution in [0.25, 0.3) is 0 Å². The number of hydrogen-bond acceptors (Lipinski definition) is 4. The van der Waals surface area contributed by atoms with Crippen molar-refractivity contribution in [1.29, 1.82) is 0 Å². The molecule has 0 bridgehead atoms. The van der Waals surface area contributed by atoms with Crippen molar-refractivity contribution >= 4 is 5.97 Å². The van der Waals surface area contributed by atoms with Crippen LogP contribution in [0.3, 0.4) is 0 Å². The third-order valence-corrected chi connectivity index (χ3v) is 5.13. The predicted molar refractivity (Wildman–Crippen MR) is 118 cm³/mol. The molecule has 0 N–H and O–H groups in total. The third-order valence-electron chi connectivity index (χ3n) is 5.13. The second-order valence-electron chi connectivity index (χ2n) is 8.38. The van der Waals surface area contributed by atoms with Crippen LogP contribution >= 0.6 is 0 Å². The highest BCUT2D eigenvalue weighted by Crippen LogP contribution is 2.13. The SMILES string of the molecule is CCCCC(CC)COCCOCCCC(=O)OCCCCCCCC(C)C. The Morgan fingerprint density at radius 1 is 0.750 bits per heavy atom. The van der Waals surface area contributed by atoms with Gasteiger partial charge in [-0.3, -0.25) is 4.79 Å². The molecular formula is C24H48O4.